The highest BCUT2D eigenvalue weighted by Crippen LogP contribution is 2.33. The molecule has 0 spiro atoms. The summed E-state index contributed by atoms with van der Waals surface area (Å²) in [5.74, 6) is 2.41. The van der Waals surface area contributed by atoms with Gasteiger partial charge in [0.2, 0.25) is 0 Å². The number of nitrogens with one attached hydrogen (secondary N) is 1. The maximum absolute atomic E-state index is 4.68. The molecule has 0 amide bonds. The summed E-state index contributed by atoms with van der Waals surface area (Å²) in [6, 6.07) is 1.89. The van der Waals surface area contributed by atoms with Crippen molar-refractivity contribution in [2.45, 2.75) is 24.6 Å². The van der Waals surface area contributed by atoms with E-state index >= 15 is 0 Å². The van der Waals surface area contributed by atoms with Gasteiger partial charge in [-0.3, -0.25) is 0 Å². The molecule has 3 rings (SSSR count). The smallest absolute Gasteiger partial charge is 0.142 e. The van der Waals surface area contributed by atoms with Crippen LogP contribution in [-0.2, 0) is 5.75 Å². The summed E-state index contributed by atoms with van der Waals surface area (Å²) in [5, 5.41) is 5.25. The summed E-state index contributed by atoms with van der Waals surface area (Å²) in [6.07, 6.45) is 3.29. The van der Waals surface area contributed by atoms with Crippen molar-refractivity contribution in [1.29, 1.82) is 0 Å². The molecule has 0 radical (unpaired) electrons. The van der Waals surface area contributed by atoms with Crippen LogP contribution in [-0.4, -0.2) is 27.0 Å². The first kappa shape index (κ1) is 14.2. The lowest BCUT2D eigenvalue weighted by atomic mass is 10.2. The van der Waals surface area contributed by atoms with Gasteiger partial charge in [0.25, 0.3) is 0 Å². The van der Waals surface area contributed by atoms with Gasteiger partial charge in [-0.1, -0.05) is 11.8 Å². The molecule has 0 unspecified atom stereocenters. The average Bonchev–Trinajstić information content (AvgIpc) is 2.80. The number of anilines is 1. The van der Waals surface area contributed by atoms with Gasteiger partial charge >= 0.3 is 0 Å². The van der Waals surface area contributed by atoms with Crippen molar-refractivity contribution in [1.82, 2.24) is 19.9 Å². The van der Waals surface area contributed by atoms with Gasteiger partial charge in [-0.05, 0) is 25.5 Å². The number of thiophene rings is 1. The van der Waals surface area contributed by atoms with Crippen LogP contribution in [0, 0.1) is 13.8 Å². The van der Waals surface area contributed by atoms with Crippen molar-refractivity contribution in [3.63, 3.8) is 0 Å². The second kappa shape index (κ2) is 5.95. The Kier molecular flexibility index (Phi) is 4.03. The van der Waals surface area contributed by atoms with Crippen LogP contribution in [0.1, 0.15) is 16.3 Å². The van der Waals surface area contributed by atoms with Crippen LogP contribution in [0.2, 0.25) is 0 Å². The Morgan fingerprint density at radius 3 is 2.86 bits per heavy atom. The molecule has 7 heteroatoms. The average molecular weight is 317 g/mol. The molecular formula is C14H15N5S2. The van der Waals surface area contributed by atoms with Crippen LogP contribution < -0.4 is 5.32 Å². The fraction of sp³-hybridized carbons (Fsp3) is 0.286. The molecule has 21 heavy (non-hydrogen) atoms. The van der Waals surface area contributed by atoms with Gasteiger partial charge in [0.05, 0.1) is 16.2 Å². The Balaban J connectivity index is 1.93. The summed E-state index contributed by atoms with van der Waals surface area (Å²) in [6.45, 7) is 4.24. The summed E-state index contributed by atoms with van der Waals surface area (Å²) >= 11 is 3.33. The van der Waals surface area contributed by atoms with Gasteiger partial charge in [0, 0.05) is 18.1 Å². The first-order chi connectivity index (χ1) is 10.2. The lowest BCUT2D eigenvalue weighted by Gasteiger charge is -2.06. The Morgan fingerprint density at radius 1 is 1.29 bits per heavy atom. The summed E-state index contributed by atoms with van der Waals surface area (Å²) < 4.78 is 0. The van der Waals surface area contributed by atoms with Crippen LogP contribution in [0.4, 0.5) is 5.82 Å². The molecule has 0 aromatic carbocycles. The number of nitrogens with zero attached hydrogens (tertiary/aromatic N) is 4. The van der Waals surface area contributed by atoms with E-state index in [0.29, 0.717) is 5.75 Å². The summed E-state index contributed by atoms with van der Waals surface area (Å²) in [5.41, 5.74) is 1.26. The molecule has 108 valence electrons. The Labute approximate surface area is 131 Å². The third-order valence-electron chi connectivity index (χ3n) is 3.22. The maximum atomic E-state index is 4.68. The van der Waals surface area contributed by atoms with Crippen molar-refractivity contribution < 1.29 is 0 Å². The second-order valence-electron chi connectivity index (χ2n) is 4.54. The Hall–Kier alpha value is -1.73. The van der Waals surface area contributed by atoms with Crippen molar-refractivity contribution in [2.24, 2.45) is 0 Å². The topological polar surface area (TPSA) is 63.6 Å². The first-order valence-corrected chi connectivity index (χ1v) is 8.32. The molecule has 0 fully saturated rings. The van der Waals surface area contributed by atoms with E-state index in [4.69, 9.17) is 0 Å². The molecule has 0 aliphatic rings. The van der Waals surface area contributed by atoms with Gasteiger partial charge in [0.15, 0.2) is 0 Å². The van der Waals surface area contributed by atoms with Crippen LogP contribution in [0.5, 0.6) is 0 Å². The summed E-state index contributed by atoms with van der Waals surface area (Å²) in [4.78, 5) is 19.8. The van der Waals surface area contributed by atoms with Crippen LogP contribution in [0.15, 0.2) is 23.6 Å². The molecule has 5 nitrogen and oxygen atoms in total. The molecule has 3 aromatic heterocycles. The third-order valence-corrected chi connectivity index (χ3v) is 5.26. The fourth-order valence-corrected chi connectivity index (χ4v) is 3.77. The van der Waals surface area contributed by atoms with E-state index in [0.717, 1.165) is 26.9 Å². The fourth-order valence-electron chi connectivity index (χ4n) is 2.04. The number of thioether (sulfide) groups is 1. The molecule has 0 aliphatic heterocycles. The van der Waals surface area contributed by atoms with Crippen LogP contribution in [0.25, 0.3) is 10.2 Å². The summed E-state index contributed by atoms with van der Waals surface area (Å²) in [7, 11) is 1.90. The van der Waals surface area contributed by atoms with Gasteiger partial charge in [-0.15, -0.1) is 11.3 Å². The number of hydrogen-bond donors (Lipinski definition) is 1. The van der Waals surface area contributed by atoms with Gasteiger partial charge in [0.1, 0.15) is 22.8 Å². The van der Waals surface area contributed by atoms with Gasteiger partial charge in [-0.25, -0.2) is 19.9 Å². The van der Waals surface area contributed by atoms with E-state index in [1.165, 1.54) is 10.4 Å². The van der Waals surface area contributed by atoms with Crippen molar-refractivity contribution in [3.05, 3.63) is 34.9 Å². The zero-order chi connectivity index (χ0) is 14.8. The van der Waals surface area contributed by atoms with E-state index in [1.807, 2.05) is 13.1 Å². The molecule has 0 saturated heterocycles. The number of hydrogen-bond acceptors (Lipinski definition) is 7. The molecule has 3 aromatic rings. The van der Waals surface area contributed by atoms with Crippen molar-refractivity contribution in [3.8, 4) is 0 Å². The van der Waals surface area contributed by atoms with Crippen molar-refractivity contribution >= 4 is 39.1 Å². The maximum Gasteiger partial charge on any atom is 0.142 e. The Morgan fingerprint density at radius 2 is 2.14 bits per heavy atom. The zero-order valence-corrected chi connectivity index (χ0v) is 13.7. The zero-order valence-electron chi connectivity index (χ0n) is 12.0. The third kappa shape index (κ3) is 2.84. The van der Waals surface area contributed by atoms with Crippen molar-refractivity contribution in [2.75, 3.05) is 12.4 Å². The van der Waals surface area contributed by atoms with E-state index < -0.39 is 0 Å². The van der Waals surface area contributed by atoms with Crippen LogP contribution in [0.3, 0.4) is 0 Å². The molecule has 3 heterocycles. The predicted molar refractivity (Wildman–Crippen MR) is 88.0 cm³/mol. The van der Waals surface area contributed by atoms with Crippen LogP contribution >= 0.6 is 23.1 Å². The highest BCUT2D eigenvalue weighted by atomic mass is 32.2. The van der Waals surface area contributed by atoms with Gasteiger partial charge < -0.3 is 5.32 Å². The molecule has 0 atom stereocenters. The lowest BCUT2D eigenvalue weighted by Crippen LogP contribution is -2.00. The predicted octanol–water partition coefficient (Wildman–Crippen LogP) is 3.43. The first-order valence-electron chi connectivity index (χ1n) is 6.52. The monoisotopic (exact) mass is 317 g/mol. The Bertz CT molecular complexity index is 770. The number of fused-ring (bicyclic) bond motifs is 1. The number of rotatable bonds is 4. The number of aromatic nitrogens is 4. The van der Waals surface area contributed by atoms with E-state index in [9.17, 15) is 0 Å². The molecule has 1 N–H and O–H groups in total. The molecule has 0 aliphatic carbocycles. The second-order valence-corrected chi connectivity index (χ2v) is 6.74. The normalized spacial score (nSPS) is 11.0. The largest absolute Gasteiger partial charge is 0.372 e. The number of aryl methyl sites for hydroxylation is 2. The minimum absolute atomic E-state index is 0.692. The minimum Gasteiger partial charge on any atom is -0.372 e. The van der Waals surface area contributed by atoms with E-state index in [-0.39, 0.29) is 0 Å². The molecule has 0 bridgehead atoms. The highest BCUT2D eigenvalue weighted by molar-refractivity contribution is 7.98. The standard InChI is InChI=1S/C14H15N5S2/c1-8-9(2)21-14-12(8)13(15-3)18-10(19-14)6-20-11-4-5-16-7-17-11/h4-5,7H,6H2,1-3H3,(H,15,18,19). The quantitative estimate of drug-likeness (QED) is 0.587. The van der Waals surface area contributed by atoms with Gasteiger partial charge in [-0.2, -0.15) is 0 Å². The SMILES string of the molecule is CNc1nc(CSc2ccncn2)nc2sc(C)c(C)c12. The minimum atomic E-state index is 0.692. The van der Waals surface area contributed by atoms with E-state index in [1.54, 1.807) is 35.6 Å². The molecular weight excluding hydrogens is 302 g/mol. The highest BCUT2D eigenvalue weighted by Gasteiger charge is 2.13. The molecule has 0 saturated carbocycles. The lowest BCUT2D eigenvalue weighted by molar-refractivity contribution is 1.03. The van der Waals surface area contributed by atoms with E-state index in [2.05, 4.69) is 39.1 Å².